The maximum absolute atomic E-state index is 12.4. The van der Waals surface area contributed by atoms with Crippen molar-refractivity contribution < 1.29 is 9.13 Å². The summed E-state index contributed by atoms with van der Waals surface area (Å²) < 4.78 is 17.1. The highest BCUT2D eigenvalue weighted by molar-refractivity contribution is 5.22. The monoisotopic (exact) mass is 151 g/mol. The van der Waals surface area contributed by atoms with Crippen LogP contribution in [0.3, 0.4) is 0 Å². The highest BCUT2D eigenvalue weighted by atomic mass is 19.1. The largest absolute Gasteiger partial charge is 0.448 e. The molecule has 0 aliphatic rings. The lowest BCUT2D eigenvalue weighted by molar-refractivity contribution is 0.227. The molecule has 0 aliphatic carbocycles. The number of benzene rings is 1. The molecule has 0 saturated heterocycles. The van der Waals surface area contributed by atoms with Crippen LogP contribution in [0.15, 0.2) is 43.0 Å². The van der Waals surface area contributed by atoms with Gasteiger partial charge in [-0.3, -0.25) is 0 Å². The topological polar surface area (TPSA) is 9.23 Å². The van der Waals surface area contributed by atoms with Crippen molar-refractivity contribution in [1.29, 1.82) is 0 Å². The molecule has 0 fully saturated rings. The first-order valence-electron chi connectivity index (χ1n) is 3.20. The van der Waals surface area contributed by atoms with Crippen LogP contribution >= 0.6 is 0 Å². The van der Waals surface area contributed by atoms with Crippen molar-refractivity contribution in [2.45, 2.75) is 0 Å². The van der Waals surface area contributed by atoms with Crippen molar-refractivity contribution in [3.05, 3.63) is 49.3 Å². The molecule has 0 amide bonds. The summed E-state index contributed by atoms with van der Waals surface area (Å²) in [7, 11) is 0. The second-order valence-corrected chi connectivity index (χ2v) is 1.92. The van der Waals surface area contributed by atoms with E-state index in [1.165, 1.54) is 0 Å². The Morgan fingerprint density at radius 1 is 1.36 bits per heavy atom. The van der Waals surface area contributed by atoms with Gasteiger partial charge in [0.25, 0.3) is 0 Å². The minimum atomic E-state index is -0.684. The summed E-state index contributed by atoms with van der Waals surface area (Å²) in [4.78, 5) is 0. The Kier molecular flexibility index (Phi) is 2.66. The van der Waals surface area contributed by atoms with Crippen molar-refractivity contribution in [2.75, 3.05) is 0 Å². The maximum Gasteiger partial charge on any atom is 0.341 e. The fourth-order valence-electron chi connectivity index (χ4n) is 0.643. The molecule has 0 heterocycles. The van der Waals surface area contributed by atoms with Gasteiger partial charge in [0.15, 0.2) is 0 Å². The minimum absolute atomic E-state index is 0.477. The van der Waals surface area contributed by atoms with E-state index < -0.39 is 6.36 Å². The first-order valence-corrected chi connectivity index (χ1v) is 3.20. The van der Waals surface area contributed by atoms with E-state index in [2.05, 4.69) is 6.58 Å². The van der Waals surface area contributed by atoms with E-state index in [4.69, 9.17) is 4.74 Å². The summed E-state index contributed by atoms with van der Waals surface area (Å²) in [5.41, 5.74) is 0. The standard InChI is InChI=1S/C9H8FO/c1-2-9(10)11-8-6-4-3-5-7-8/h2-7H,1H2. The van der Waals surface area contributed by atoms with Gasteiger partial charge in [-0.25, -0.2) is 0 Å². The average molecular weight is 151 g/mol. The molecule has 1 rings (SSSR count). The molecule has 57 valence electrons. The minimum Gasteiger partial charge on any atom is -0.448 e. The van der Waals surface area contributed by atoms with Crippen molar-refractivity contribution in [1.82, 2.24) is 0 Å². The number of rotatable bonds is 3. The van der Waals surface area contributed by atoms with Crippen LogP contribution in [0.2, 0.25) is 0 Å². The van der Waals surface area contributed by atoms with E-state index >= 15 is 0 Å². The first-order chi connectivity index (χ1) is 5.33. The van der Waals surface area contributed by atoms with Gasteiger partial charge in [0, 0.05) is 0 Å². The molecule has 0 spiro atoms. The van der Waals surface area contributed by atoms with Crippen molar-refractivity contribution in [2.24, 2.45) is 0 Å². The van der Waals surface area contributed by atoms with E-state index in [1.54, 1.807) is 24.3 Å². The maximum atomic E-state index is 12.4. The Balaban J connectivity index is 2.57. The van der Waals surface area contributed by atoms with E-state index in [0.717, 1.165) is 6.08 Å². The number of para-hydroxylation sites is 1. The van der Waals surface area contributed by atoms with E-state index in [-0.39, 0.29) is 0 Å². The van der Waals surface area contributed by atoms with E-state index in [0.29, 0.717) is 5.75 Å². The van der Waals surface area contributed by atoms with Crippen LogP contribution in [-0.4, -0.2) is 0 Å². The lowest BCUT2D eigenvalue weighted by atomic mass is 10.3. The molecule has 0 aromatic heterocycles. The van der Waals surface area contributed by atoms with Gasteiger partial charge in [0.1, 0.15) is 5.75 Å². The van der Waals surface area contributed by atoms with Gasteiger partial charge < -0.3 is 4.74 Å². The smallest absolute Gasteiger partial charge is 0.341 e. The lowest BCUT2D eigenvalue weighted by Gasteiger charge is -2.03. The molecule has 0 unspecified atom stereocenters. The average Bonchev–Trinajstić information content (AvgIpc) is 2.06. The quantitative estimate of drug-likeness (QED) is 0.645. The molecule has 2 heteroatoms. The Labute approximate surface area is 65.1 Å². The highest BCUT2D eigenvalue weighted by Crippen LogP contribution is 2.15. The van der Waals surface area contributed by atoms with Gasteiger partial charge in [0.05, 0.1) is 0 Å². The number of hydrogen-bond acceptors (Lipinski definition) is 1. The molecule has 0 N–H and O–H groups in total. The van der Waals surface area contributed by atoms with E-state index in [9.17, 15) is 4.39 Å². The number of halogens is 1. The van der Waals surface area contributed by atoms with Crippen molar-refractivity contribution >= 4 is 0 Å². The van der Waals surface area contributed by atoms with E-state index in [1.807, 2.05) is 6.07 Å². The van der Waals surface area contributed by atoms with Crippen LogP contribution < -0.4 is 4.74 Å². The summed E-state index contributed by atoms with van der Waals surface area (Å²) in [6.45, 7) is 3.22. The van der Waals surface area contributed by atoms with Crippen LogP contribution in [0.4, 0.5) is 4.39 Å². The number of ether oxygens (including phenoxy) is 1. The van der Waals surface area contributed by atoms with Crippen LogP contribution in [0.25, 0.3) is 0 Å². The zero-order valence-corrected chi connectivity index (χ0v) is 5.96. The Hall–Kier alpha value is -1.31. The van der Waals surface area contributed by atoms with Crippen LogP contribution in [0.1, 0.15) is 0 Å². The second-order valence-electron chi connectivity index (χ2n) is 1.92. The molecular weight excluding hydrogens is 143 g/mol. The predicted octanol–water partition coefficient (Wildman–Crippen LogP) is 2.71. The fourth-order valence-corrected chi connectivity index (χ4v) is 0.643. The highest BCUT2D eigenvalue weighted by Gasteiger charge is 2.02. The molecule has 0 bridgehead atoms. The van der Waals surface area contributed by atoms with Gasteiger partial charge in [0.2, 0.25) is 0 Å². The Morgan fingerprint density at radius 2 is 2.00 bits per heavy atom. The second kappa shape index (κ2) is 3.76. The molecule has 0 saturated carbocycles. The third-order valence-electron chi connectivity index (χ3n) is 1.12. The lowest BCUT2D eigenvalue weighted by Crippen LogP contribution is -1.95. The molecule has 11 heavy (non-hydrogen) atoms. The number of hydrogen-bond donors (Lipinski definition) is 0. The van der Waals surface area contributed by atoms with Crippen molar-refractivity contribution in [3.8, 4) is 5.75 Å². The van der Waals surface area contributed by atoms with Gasteiger partial charge in [-0.1, -0.05) is 24.8 Å². The third-order valence-corrected chi connectivity index (χ3v) is 1.12. The fraction of sp³-hybridized carbons (Fsp3) is 0. The van der Waals surface area contributed by atoms with Crippen LogP contribution in [0, 0.1) is 6.36 Å². The summed E-state index contributed by atoms with van der Waals surface area (Å²) in [6, 6.07) is 8.71. The summed E-state index contributed by atoms with van der Waals surface area (Å²) in [5.74, 6) is 0.477. The molecule has 0 atom stereocenters. The van der Waals surface area contributed by atoms with Gasteiger partial charge in [-0.2, -0.15) is 4.39 Å². The molecular formula is C9H8FO. The zero-order valence-electron chi connectivity index (χ0n) is 5.96. The van der Waals surface area contributed by atoms with Crippen molar-refractivity contribution in [3.63, 3.8) is 0 Å². The molecule has 1 aromatic carbocycles. The van der Waals surface area contributed by atoms with Gasteiger partial charge in [-0.15, -0.1) is 0 Å². The predicted molar refractivity (Wildman–Crippen MR) is 41.6 cm³/mol. The molecule has 0 aliphatic heterocycles. The third kappa shape index (κ3) is 2.42. The summed E-state index contributed by atoms with van der Waals surface area (Å²) in [5, 5.41) is 0. The molecule has 1 radical (unpaired) electrons. The summed E-state index contributed by atoms with van der Waals surface area (Å²) >= 11 is 0. The zero-order chi connectivity index (χ0) is 8.10. The summed E-state index contributed by atoms with van der Waals surface area (Å²) in [6.07, 6.45) is 0.337. The van der Waals surface area contributed by atoms with Crippen LogP contribution in [0.5, 0.6) is 5.75 Å². The molecule has 1 aromatic rings. The SMILES string of the molecule is C=C[C](F)Oc1ccccc1. The normalized spacial score (nSPS) is 9.64. The van der Waals surface area contributed by atoms with Gasteiger partial charge >= 0.3 is 6.36 Å². The van der Waals surface area contributed by atoms with Gasteiger partial charge in [-0.05, 0) is 18.2 Å². The Bertz CT molecular complexity index is 220. The van der Waals surface area contributed by atoms with Crippen LogP contribution in [-0.2, 0) is 0 Å². The first kappa shape index (κ1) is 7.79. The molecule has 1 nitrogen and oxygen atoms in total. The Morgan fingerprint density at radius 3 is 2.55 bits per heavy atom.